The Labute approximate surface area is 165 Å². The van der Waals surface area contributed by atoms with Crippen LogP contribution in [0.4, 0.5) is 0 Å². The predicted octanol–water partition coefficient (Wildman–Crippen LogP) is 3.81. The van der Waals surface area contributed by atoms with E-state index in [1.54, 1.807) is 30.3 Å². The largest absolute Gasteiger partial charge is 0.482 e. The summed E-state index contributed by atoms with van der Waals surface area (Å²) in [6.45, 7) is -0.406. The van der Waals surface area contributed by atoms with Gasteiger partial charge in [-0.25, -0.2) is 10.2 Å². The van der Waals surface area contributed by atoms with Crippen molar-refractivity contribution in [3.8, 4) is 5.75 Å². The van der Waals surface area contributed by atoms with Gasteiger partial charge in [-0.1, -0.05) is 30.3 Å². The van der Waals surface area contributed by atoms with Gasteiger partial charge in [0.1, 0.15) is 11.3 Å². The fourth-order valence-electron chi connectivity index (χ4n) is 2.92. The van der Waals surface area contributed by atoms with Crippen LogP contribution in [0.1, 0.15) is 16.1 Å². The van der Waals surface area contributed by atoms with Crippen LogP contribution in [0.2, 0.25) is 0 Å². The maximum absolute atomic E-state index is 12.3. The van der Waals surface area contributed by atoms with Crippen molar-refractivity contribution in [2.24, 2.45) is 5.10 Å². The number of amides is 1. The van der Waals surface area contributed by atoms with Crippen molar-refractivity contribution in [2.75, 3.05) is 6.61 Å². The number of rotatable bonds is 6. The first-order valence-electron chi connectivity index (χ1n) is 8.79. The molecular weight excluding hydrogens is 372 g/mol. The number of aliphatic carboxylic acids is 1. The minimum Gasteiger partial charge on any atom is -0.482 e. The molecule has 0 fully saturated rings. The summed E-state index contributed by atoms with van der Waals surface area (Å²) in [5, 5.41) is 15.5. The predicted molar refractivity (Wildman–Crippen MR) is 108 cm³/mol. The molecule has 29 heavy (non-hydrogen) atoms. The standard InChI is InChI=1S/C22H16N2O5/c25-21(26)13-28-16-8-5-14(6-9-16)12-23-24-22(27)20-11-18-17-4-2-1-3-15(17)7-10-19(18)29-20/h1-12H,13H2,(H,24,27)(H,25,26). The first kappa shape index (κ1) is 18.2. The van der Waals surface area contributed by atoms with E-state index >= 15 is 0 Å². The SMILES string of the molecule is O=C(O)COc1ccc(C=NNC(=O)c2cc3c(ccc4ccccc43)o2)cc1. The molecule has 0 saturated carbocycles. The summed E-state index contributed by atoms with van der Waals surface area (Å²) in [5.74, 6) is -0.895. The molecule has 0 spiro atoms. The molecule has 4 rings (SSSR count). The van der Waals surface area contributed by atoms with Gasteiger partial charge in [-0.05, 0) is 52.7 Å². The van der Waals surface area contributed by atoms with E-state index in [1.165, 1.54) is 6.21 Å². The van der Waals surface area contributed by atoms with E-state index in [4.69, 9.17) is 14.3 Å². The Bertz CT molecular complexity index is 1230. The van der Waals surface area contributed by atoms with Gasteiger partial charge in [0.05, 0.1) is 6.21 Å². The zero-order valence-electron chi connectivity index (χ0n) is 15.2. The lowest BCUT2D eigenvalue weighted by molar-refractivity contribution is -0.139. The van der Waals surface area contributed by atoms with Crippen LogP contribution < -0.4 is 10.2 Å². The molecule has 1 amide bonds. The molecule has 0 radical (unpaired) electrons. The molecule has 0 bridgehead atoms. The first-order chi connectivity index (χ1) is 14.1. The van der Waals surface area contributed by atoms with Crippen molar-refractivity contribution in [3.05, 3.63) is 78.1 Å². The fraction of sp³-hybridized carbons (Fsp3) is 0.0455. The molecule has 1 aromatic heterocycles. The molecule has 0 aliphatic heterocycles. The maximum atomic E-state index is 12.3. The number of carbonyl (C=O) groups excluding carboxylic acids is 1. The Morgan fingerprint density at radius 3 is 2.62 bits per heavy atom. The number of hydrogen-bond donors (Lipinski definition) is 2. The summed E-state index contributed by atoms with van der Waals surface area (Å²) < 4.78 is 10.7. The smallest absolute Gasteiger partial charge is 0.341 e. The molecule has 1 heterocycles. The lowest BCUT2D eigenvalue weighted by Gasteiger charge is -2.02. The molecule has 3 aromatic carbocycles. The van der Waals surface area contributed by atoms with Crippen molar-refractivity contribution in [2.45, 2.75) is 0 Å². The van der Waals surface area contributed by atoms with Crippen molar-refractivity contribution < 1.29 is 23.8 Å². The van der Waals surface area contributed by atoms with E-state index < -0.39 is 18.5 Å². The number of fused-ring (bicyclic) bond motifs is 3. The van der Waals surface area contributed by atoms with E-state index in [2.05, 4.69) is 10.5 Å². The molecule has 4 aromatic rings. The Hall–Kier alpha value is -4.13. The normalized spacial score (nSPS) is 11.2. The number of ether oxygens (including phenoxy) is 1. The molecule has 0 aliphatic rings. The van der Waals surface area contributed by atoms with Gasteiger partial charge in [-0.15, -0.1) is 0 Å². The van der Waals surface area contributed by atoms with Gasteiger partial charge in [0, 0.05) is 5.39 Å². The summed E-state index contributed by atoms with van der Waals surface area (Å²) in [6, 6.07) is 20.0. The van der Waals surface area contributed by atoms with Gasteiger partial charge >= 0.3 is 11.9 Å². The van der Waals surface area contributed by atoms with Crippen LogP contribution in [-0.2, 0) is 4.79 Å². The molecule has 7 heteroatoms. The molecule has 0 unspecified atom stereocenters. The van der Waals surface area contributed by atoms with Crippen molar-refractivity contribution in [1.82, 2.24) is 5.43 Å². The second-order valence-electron chi connectivity index (χ2n) is 6.26. The third-order valence-electron chi connectivity index (χ3n) is 4.27. The number of benzene rings is 3. The number of carboxylic acid groups (broad SMARTS) is 1. The Balaban J connectivity index is 1.44. The van der Waals surface area contributed by atoms with Gasteiger partial charge in [-0.2, -0.15) is 5.10 Å². The number of carboxylic acids is 1. The quantitative estimate of drug-likeness (QED) is 0.386. The summed E-state index contributed by atoms with van der Waals surface area (Å²) in [4.78, 5) is 22.8. The highest BCUT2D eigenvalue weighted by atomic mass is 16.5. The van der Waals surface area contributed by atoms with Crippen LogP contribution in [0.15, 0.2) is 76.2 Å². The molecule has 0 atom stereocenters. The van der Waals surface area contributed by atoms with Crippen LogP contribution in [0.3, 0.4) is 0 Å². The van der Waals surface area contributed by atoms with Crippen LogP contribution in [-0.4, -0.2) is 29.8 Å². The monoisotopic (exact) mass is 388 g/mol. The van der Waals surface area contributed by atoms with Gasteiger partial charge in [0.25, 0.3) is 0 Å². The molecule has 0 aliphatic carbocycles. The highest BCUT2D eigenvalue weighted by Gasteiger charge is 2.13. The minimum atomic E-state index is -1.04. The van der Waals surface area contributed by atoms with Gasteiger partial charge < -0.3 is 14.3 Å². The van der Waals surface area contributed by atoms with Crippen molar-refractivity contribution >= 4 is 39.8 Å². The molecular formula is C22H16N2O5. The zero-order valence-corrected chi connectivity index (χ0v) is 15.2. The van der Waals surface area contributed by atoms with Crippen molar-refractivity contribution in [1.29, 1.82) is 0 Å². The number of hydrogen-bond acceptors (Lipinski definition) is 5. The lowest BCUT2D eigenvalue weighted by atomic mass is 10.1. The number of nitrogens with one attached hydrogen (secondary N) is 1. The molecule has 7 nitrogen and oxygen atoms in total. The van der Waals surface area contributed by atoms with E-state index in [0.717, 1.165) is 16.2 Å². The van der Waals surface area contributed by atoms with Gasteiger partial charge in [0.15, 0.2) is 12.4 Å². The maximum Gasteiger partial charge on any atom is 0.341 e. The van der Waals surface area contributed by atoms with Crippen molar-refractivity contribution in [3.63, 3.8) is 0 Å². The van der Waals surface area contributed by atoms with E-state index in [1.807, 2.05) is 36.4 Å². The average molecular weight is 388 g/mol. The fourth-order valence-corrected chi connectivity index (χ4v) is 2.92. The lowest BCUT2D eigenvalue weighted by Crippen LogP contribution is -2.16. The summed E-state index contributed by atoms with van der Waals surface area (Å²) in [6.07, 6.45) is 1.47. The Morgan fingerprint density at radius 2 is 1.83 bits per heavy atom. The minimum absolute atomic E-state index is 0.172. The zero-order chi connectivity index (χ0) is 20.2. The molecule has 0 saturated heterocycles. The second kappa shape index (κ2) is 7.85. The number of hydrazone groups is 1. The number of carbonyl (C=O) groups is 2. The van der Waals surface area contributed by atoms with E-state index in [9.17, 15) is 9.59 Å². The first-order valence-corrected chi connectivity index (χ1v) is 8.79. The van der Waals surface area contributed by atoms with Gasteiger partial charge in [-0.3, -0.25) is 4.79 Å². The third-order valence-corrected chi connectivity index (χ3v) is 4.27. The van der Waals surface area contributed by atoms with Crippen LogP contribution in [0, 0.1) is 0 Å². The Morgan fingerprint density at radius 1 is 1.03 bits per heavy atom. The second-order valence-corrected chi connectivity index (χ2v) is 6.26. The molecule has 2 N–H and O–H groups in total. The van der Waals surface area contributed by atoms with E-state index in [-0.39, 0.29) is 5.76 Å². The number of furan rings is 1. The highest BCUT2D eigenvalue weighted by Crippen LogP contribution is 2.28. The summed E-state index contributed by atoms with van der Waals surface area (Å²) in [7, 11) is 0. The summed E-state index contributed by atoms with van der Waals surface area (Å²) >= 11 is 0. The highest BCUT2D eigenvalue weighted by molar-refractivity contribution is 6.08. The average Bonchev–Trinajstić information content (AvgIpc) is 3.18. The van der Waals surface area contributed by atoms with Crippen LogP contribution >= 0.6 is 0 Å². The molecule has 144 valence electrons. The van der Waals surface area contributed by atoms with E-state index in [0.29, 0.717) is 16.9 Å². The van der Waals surface area contributed by atoms with Crippen LogP contribution in [0.5, 0.6) is 5.75 Å². The number of nitrogens with zero attached hydrogens (tertiary/aromatic N) is 1. The summed E-state index contributed by atoms with van der Waals surface area (Å²) in [5.41, 5.74) is 3.78. The van der Waals surface area contributed by atoms with Gasteiger partial charge in [0.2, 0.25) is 0 Å². The topological polar surface area (TPSA) is 101 Å². The van der Waals surface area contributed by atoms with Crippen LogP contribution in [0.25, 0.3) is 21.7 Å². The Kier molecular flexibility index (Phi) is 4.94. The third kappa shape index (κ3) is 4.08.